The Balaban J connectivity index is 0.000000157. The lowest BCUT2D eigenvalue weighted by Crippen LogP contribution is -2.20. The molecule has 1 unspecified atom stereocenters. The van der Waals surface area contributed by atoms with Gasteiger partial charge in [-0.15, -0.1) is 0 Å². The van der Waals surface area contributed by atoms with Crippen molar-refractivity contribution in [1.82, 2.24) is 17.0 Å². The van der Waals surface area contributed by atoms with Gasteiger partial charge in [0.05, 0.1) is 12.7 Å². The Morgan fingerprint density at radius 3 is 2.76 bits per heavy atom. The molecule has 1 aliphatic heterocycles. The van der Waals surface area contributed by atoms with Gasteiger partial charge in [-0.2, -0.15) is 0 Å². The first kappa shape index (κ1) is 15.1. The minimum absolute atomic E-state index is 0. The van der Waals surface area contributed by atoms with Crippen molar-refractivity contribution in [3.05, 3.63) is 41.6 Å². The number of fused-ring (bicyclic) bond motifs is 2. The molecule has 0 aromatic heterocycles. The number of rotatable bonds is 2. The van der Waals surface area contributed by atoms with Crippen molar-refractivity contribution >= 4 is 5.97 Å². The first-order valence-corrected chi connectivity index (χ1v) is 6.51. The molecular formula is C15H19N3O3. The zero-order valence-electron chi connectivity index (χ0n) is 11.8. The Bertz CT molecular complexity index is 623. The van der Waals surface area contributed by atoms with Crippen LogP contribution in [0.3, 0.4) is 0 Å². The molecule has 0 aromatic rings. The molecule has 4 aliphatic rings. The number of hydrogen-bond donors (Lipinski definition) is 4. The van der Waals surface area contributed by atoms with E-state index in [1.807, 2.05) is 6.07 Å². The normalized spacial score (nSPS) is 19.6. The average molecular weight is 289 g/mol. The van der Waals surface area contributed by atoms with Gasteiger partial charge < -0.3 is 21.4 Å². The molecule has 6 heteroatoms. The van der Waals surface area contributed by atoms with Gasteiger partial charge in [-0.25, -0.2) is 10.2 Å². The molecule has 6 nitrogen and oxygen atoms in total. The summed E-state index contributed by atoms with van der Waals surface area (Å²) in [4.78, 5) is 10.6. The number of allylic oxidation sites excluding steroid dienone is 1. The first-order valence-electron chi connectivity index (χ1n) is 6.51. The summed E-state index contributed by atoms with van der Waals surface area (Å²) in [6.07, 6.45) is 4.27. The number of aliphatic carboxylic acids is 1. The predicted octanol–water partition coefficient (Wildman–Crippen LogP) is 1.85. The lowest BCUT2D eigenvalue weighted by atomic mass is 9.95. The topological polar surface area (TPSA) is 106 Å². The fourth-order valence-corrected chi connectivity index (χ4v) is 2.40. The second-order valence-electron chi connectivity index (χ2n) is 4.92. The Hall–Kier alpha value is -2.31. The third-order valence-corrected chi connectivity index (χ3v) is 3.63. The highest BCUT2D eigenvalue weighted by molar-refractivity contribution is 5.90. The van der Waals surface area contributed by atoms with Crippen LogP contribution in [0.5, 0.6) is 5.75 Å². The number of nitrogens with one attached hydrogen (secondary N) is 2. The minimum atomic E-state index is -0.852. The van der Waals surface area contributed by atoms with Crippen molar-refractivity contribution in [2.45, 2.75) is 6.42 Å². The molecule has 3 aliphatic carbocycles. The lowest BCUT2D eigenvalue weighted by molar-refractivity contribution is -0.132. The summed E-state index contributed by atoms with van der Waals surface area (Å²) >= 11 is 0. The summed E-state index contributed by atoms with van der Waals surface area (Å²) in [5.74, 6) is 0.600. The number of hydrazine groups is 1. The Morgan fingerprint density at radius 2 is 2.24 bits per heavy atom. The van der Waals surface area contributed by atoms with E-state index in [-0.39, 0.29) is 6.15 Å². The van der Waals surface area contributed by atoms with Gasteiger partial charge in [0.2, 0.25) is 0 Å². The molecule has 4 rings (SSSR count). The van der Waals surface area contributed by atoms with Crippen LogP contribution in [0.4, 0.5) is 0 Å². The average Bonchev–Trinajstić information content (AvgIpc) is 2.91. The van der Waals surface area contributed by atoms with Crippen molar-refractivity contribution in [2.24, 2.45) is 5.92 Å². The van der Waals surface area contributed by atoms with E-state index in [9.17, 15) is 4.79 Å². The first-order chi connectivity index (χ1) is 9.69. The Kier molecular flexibility index (Phi) is 4.30. The summed E-state index contributed by atoms with van der Waals surface area (Å²) in [5.41, 5.74) is 9.93. The van der Waals surface area contributed by atoms with E-state index in [0.717, 1.165) is 24.4 Å². The van der Waals surface area contributed by atoms with Crippen molar-refractivity contribution in [3.63, 3.8) is 0 Å². The lowest BCUT2D eigenvalue weighted by Gasteiger charge is -2.12. The molecule has 21 heavy (non-hydrogen) atoms. The fraction of sp³-hybridized carbons (Fsp3) is 0.267. The molecule has 6 N–H and O–H groups in total. The third-order valence-electron chi connectivity index (χ3n) is 3.63. The van der Waals surface area contributed by atoms with E-state index in [1.54, 1.807) is 19.3 Å². The number of methoxy groups -OCH3 is 1. The van der Waals surface area contributed by atoms with Crippen LogP contribution in [0.2, 0.25) is 0 Å². The highest BCUT2D eigenvalue weighted by Gasteiger charge is 2.24. The smallest absolute Gasteiger partial charge is 0.335 e. The van der Waals surface area contributed by atoms with Gasteiger partial charge in [0, 0.05) is 23.7 Å². The maximum absolute atomic E-state index is 10.6. The van der Waals surface area contributed by atoms with E-state index < -0.39 is 5.97 Å². The van der Waals surface area contributed by atoms with Crippen LogP contribution < -0.4 is 21.7 Å². The fourth-order valence-electron chi connectivity index (χ4n) is 2.40. The van der Waals surface area contributed by atoms with Gasteiger partial charge in [0.25, 0.3) is 0 Å². The number of ether oxygens (including phenoxy) is 1. The standard InChI is InChI=1S/C8H10N2O2.C7H6O.H3N/c11-8(12)5-1-2-6-4-9-10-7(6)3-5;1-8-7-3-2-5-4-6(5)7;/h1,3,6,9-10H,2,4H2,(H,11,12);2-4H,1H3;1H3. The molecule has 0 spiro atoms. The Morgan fingerprint density at radius 1 is 1.43 bits per heavy atom. The molecule has 1 saturated heterocycles. The molecular weight excluding hydrogens is 270 g/mol. The van der Waals surface area contributed by atoms with Crippen LogP contribution in [0, 0.1) is 5.92 Å². The Labute approximate surface area is 123 Å². The zero-order chi connectivity index (χ0) is 14.1. The molecule has 112 valence electrons. The summed E-state index contributed by atoms with van der Waals surface area (Å²) in [6, 6.07) is 6.16. The third kappa shape index (κ3) is 3.07. The van der Waals surface area contributed by atoms with Gasteiger partial charge in [-0.3, -0.25) is 0 Å². The predicted molar refractivity (Wildman–Crippen MR) is 80.1 cm³/mol. The van der Waals surface area contributed by atoms with Crippen molar-refractivity contribution in [2.75, 3.05) is 13.7 Å². The number of carbonyl (C=O) groups is 1. The van der Waals surface area contributed by atoms with Crippen LogP contribution in [-0.2, 0) is 4.79 Å². The molecule has 0 saturated carbocycles. The van der Waals surface area contributed by atoms with Crippen molar-refractivity contribution in [1.29, 1.82) is 0 Å². The molecule has 0 amide bonds. The molecule has 1 atom stereocenters. The van der Waals surface area contributed by atoms with Gasteiger partial charge in [0.1, 0.15) is 5.75 Å². The van der Waals surface area contributed by atoms with Gasteiger partial charge in [0.15, 0.2) is 0 Å². The van der Waals surface area contributed by atoms with E-state index in [0.29, 0.717) is 11.5 Å². The number of hydrogen-bond acceptors (Lipinski definition) is 5. The molecule has 0 bridgehead atoms. The van der Waals surface area contributed by atoms with E-state index in [2.05, 4.69) is 23.0 Å². The highest BCUT2D eigenvalue weighted by Crippen LogP contribution is 2.43. The zero-order valence-corrected chi connectivity index (χ0v) is 11.8. The summed E-state index contributed by atoms with van der Waals surface area (Å²) < 4.78 is 5.01. The van der Waals surface area contributed by atoms with Gasteiger partial charge in [-0.05, 0) is 30.2 Å². The van der Waals surface area contributed by atoms with E-state index in [1.165, 1.54) is 11.1 Å². The van der Waals surface area contributed by atoms with Crippen LogP contribution in [0.25, 0.3) is 11.1 Å². The van der Waals surface area contributed by atoms with Gasteiger partial charge in [-0.1, -0.05) is 12.1 Å². The number of carboxylic acids is 1. The summed E-state index contributed by atoms with van der Waals surface area (Å²) in [6.45, 7) is 0.884. The second kappa shape index (κ2) is 5.99. The second-order valence-corrected chi connectivity index (χ2v) is 4.92. The van der Waals surface area contributed by atoms with Crippen LogP contribution in [-0.4, -0.2) is 24.7 Å². The summed E-state index contributed by atoms with van der Waals surface area (Å²) in [7, 11) is 1.70. The molecule has 1 heterocycles. The molecule has 0 aromatic carbocycles. The SMILES string of the molecule is COc1ccc2cc1-2.N.O=C(O)C1=CCC2CNNC2=C1. The number of carboxylic acid groups (broad SMARTS) is 1. The minimum Gasteiger partial charge on any atom is -0.496 e. The maximum Gasteiger partial charge on any atom is 0.335 e. The quantitative estimate of drug-likeness (QED) is 0.672. The van der Waals surface area contributed by atoms with E-state index >= 15 is 0 Å². The van der Waals surface area contributed by atoms with Crippen LogP contribution in [0.15, 0.2) is 41.6 Å². The van der Waals surface area contributed by atoms with Crippen molar-refractivity contribution in [3.8, 4) is 16.9 Å². The van der Waals surface area contributed by atoms with E-state index in [4.69, 9.17) is 9.84 Å². The molecule has 1 fully saturated rings. The maximum atomic E-state index is 10.6. The molecule has 0 radical (unpaired) electrons. The van der Waals surface area contributed by atoms with Crippen LogP contribution in [0.1, 0.15) is 6.42 Å². The van der Waals surface area contributed by atoms with Crippen LogP contribution >= 0.6 is 0 Å². The largest absolute Gasteiger partial charge is 0.496 e. The van der Waals surface area contributed by atoms with Crippen molar-refractivity contribution < 1.29 is 14.6 Å². The number of benzene rings is 1. The van der Waals surface area contributed by atoms with Gasteiger partial charge >= 0.3 is 5.97 Å². The summed E-state index contributed by atoms with van der Waals surface area (Å²) in [5, 5.41) is 8.70. The monoisotopic (exact) mass is 289 g/mol. The highest BCUT2D eigenvalue weighted by atomic mass is 16.5.